The number of hydrogen-bond acceptors (Lipinski definition) is 2. The molecule has 2 nitrogen and oxygen atoms in total. The van der Waals surface area contributed by atoms with Gasteiger partial charge in [-0.3, -0.25) is 0 Å². The fraction of sp³-hybridized carbons (Fsp3) is 0.357. The zero-order valence-corrected chi connectivity index (χ0v) is 9.26. The Morgan fingerprint density at radius 2 is 1.88 bits per heavy atom. The topological polar surface area (TPSA) is 26.3 Å². The van der Waals surface area contributed by atoms with E-state index in [0.717, 1.165) is 19.3 Å². The lowest BCUT2D eigenvalue weighted by molar-refractivity contribution is 0.0484. The molecule has 0 amide bonds. The summed E-state index contributed by atoms with van der Waals surface area (Å²) in [5.74, 6) is 0.454. The maximum atomic E-state index is 11.6. The van der Waals surface area contributed by atoms with Gasteiger partial charge in [-0.25, -0.2) is 4.79 Å². The van der Waals surface area contributed by atoms with Crippen molar-refractivity contribution < 1.29 is 9.53 Å². The summed E-state index contributed by atoms with van der Waals surface area (Å²) in [5.41, 5.74) is 0.632. The Kier molecular flexibility index (Phi) is 3.76. The second-order valence-electron chi connectivity index (χ2n) is 4.10. The molecule has 1 aromatic carbocycles. The van der Waals surface area contributed by atoms with E-state index in [0.29, 0.717) is 18.1 Å². The van der Waals surface area contributed by atoms with Gasteiger partial charge < -0.3 is 4.74 Å². The number of benzene rings is 1. The zero-order valence-electron chi connectivity index (χ0n) is 9.26. The maximum absolute atomic E-state index is 11.6. The molecular formula is C14H16O2. The summed E-state index contributed by atoms with van der Waals surface area (Å²) in [6.45, 7) is 0.528. The van der Waals surface area contributed by atoms with Crippen LogP contribution >= 0.6 is 0 Å². The third kappa shape index (κ3) is 2.96. The second-order valence-corrected chi connectivity index (χ2v) is 4.10. The molecule has 2 heteroatoms. The highest BCUT2D eigenvalue weighted by atomic mass is 16.5. The molecule has 0 spiro atoms. The average Bonchev–Trinajstić information content (AvgIpc) is 2.83. The number of ether oxygens (including phenoxy) is 1. The molecule has 0 fully saturated rings. The van der Waals surface area contributed by atoms with Crippen LogP contribution in [0, 0.1) is 5.92 Å². The summed E-state index contributed by atoms with van der Waals surface area (Å²) >= 11 is 0. The van der Waals surface area contributed by atoms with Gasteiger partial charge in [0.05, 0.1) is 12.2 Å². The van der Waals surface area contributed by atoms with Gasteiger partial charge in [-0.1, -0.05) is 30.4 Å². The summed E-state index contributed by atoms with van der Waals surface area (Å²) in [6, 6.07) is 9.13. The average molecular weight is 216 g/mol. The lowest BCUT2D eigenvalue weighted by atomic mass is 10.0. The molecule has 0 bridgehead atoms. The number of hydrogen-bond donors (Lipinski definition) is 0. The Morgan fingerprint density at radius 1 is 1.19 bits per heavy atom. The molecule has 0 N–H and O–H groups in total. The van der Waals surface area contributed by atoms with Gasteiger partial charge in [-0.2, -0.15) is 0 Å². The monoisotopic (exact) mass is 216 g/mol. The number of allylic oxidation sites excluding steroid dienone is 2. The van der Waals surface area contributed by atoms with Crippen LogP contribution < -0.4 is 0 Å². The van der Waals surface area contributed by atoms with Gasteiger partial charge in [-0.15, -0.1) is 0 Å². The fourth-order valence-corrected chi connectivity index (χ4v) is 1.89. The van der Waals surface area contributed by atoms with Gasteiger partial charge in [-0.05, 0) is 37.3 Å². The Labute approximate surface area is 95.9 Å². The number of esters is 1. The first-order valence-electron chi connectivity index (χ1n) is 5.73. The molecular weight excluding hydrogens is 200 g/mol. The van der Waals surface area contributed by atoms with Crippen molar-refractivity contribution in [2.24, 2.45) is 5.92 Å². The summed E-state index contributed by atoms with van der Waals surface area (Å²) < 4.78 is 5.22. The first-order chi connectivity index (χ1) is 7.86. The molecule has 0 saturated heterocycles. The normalized spacial score (nSPS) is 15.2. The third-order valence-electron chi connectivity index (χ3n) is 2.87. The second kappa shape index (κ2) is 5.50. The van der Waals surface area contributed by atoms with Crippen molar-refractivity contribution in [3.63, 3.8) is 0 Å². The SMILES string of the molecule is O=C(OCCC1CC=CC1)c1ccccc1. The number of carbonyl (C=O) groups is 1. The molecule has 0 radical (unpaired) electrons. The quantitative estimate of drug-likeness (QED) is 0.570. The summed E-state index contributed by atoms with van der Waals surface area (Å²) in [5, 5.41) is 0. The van der Waals surface area contributed by atoms with Crippen LogP contribution in [0.25, 0.3) is 0 Å². The molecule has 16 heavy (non-hydrogen) atoms. The molecule has 0 atom stereocenters. The molecule has 1 aliphatic rings. The van der Waals surface area contributed by atoms with Crippen LogP contribution in [-0.4, -0.2) is 12.6 Å². The summed E-state index contributed by atoms with van der Waals surface area (Å²) in [6.07, 6.45) is 7.62. The van der Waals surface area contributed by atoms with E-state index in [1.54, 1.807) is 12.1 Å². The van der Waals surface area contributed by atoms with Crippen molar-refractivity contribution in [1.29, 1.82) is 0 Å². The van der Waals surface area contributed by atoms with Crippen LogP contribution in [-0.2, 0) is 4.74 Å². The van der Waals surface area contributed by atoms with Gasteiger partial charge in [0.1, 0.15) is 0 Å². The van der Waals surface area contributed by atoms with Crippen molar-refractivity contribution in [3.05, 3.63) is 48.0 Å². The molecule has 0 aliphatic heterocycles. The molecule has 2 rings (SSSR count). The van der Waals surface area contributed by atoms with Gasteiger partial charge in [0.15, 0.2) is 0 Å². The molecule has 84 valence electrons. The molecule has 0 heterocycles. The van der Waals surface area contributed by atoms with Crippen LogP contribution in [0.3, 0.4) is 0 Å². The lowest BCUT2D eigenvalue weighted by Crippen LogP contribution is -2.08. The van der Waals surface area contributed by atoms with Crippen molar-refractivity contribution >= 4 is 5.97 Å². The highest BCUT2D eigenvalue weighted by Crippen LogP contribution is 2.21. The highest BCUT2D eigenvalue weighted by Gasteiger charge is 2.11. The first kappa shape index (κ1) is 10.9. The number of rotatable bonds is 4. The van der Waals surface area contributed by atoms with E-state index in [2.05, 4.69) is 12.2 Å². The van der Waals surface area contributed by atoms with Gasteiger partial charge in [0.25, 0.3) is 0 Å². The number of carbonyl (C=O) groups excluding carboxylic acids is 1. The molecule has 1 aliphatic carbocycles. The summed E-state index contributed by atoms with van der Waals surface area (Å²) in [7, 11) is 0. The minimum atomic E-state index is -0.216. The van der Waals surface area contributed by atoms with E-state index < -0.39 is 0 Å². The standard InChI is InChI=1S/C14H16O2/c15-14(13-8-2-1-3-9-13)16-11-10-12-6-4-5-7-12/h1-5,8-9,12H,6-7,10-11H2. The highest BCUT2D eigenvalue weighted by molar-refractivity contribution is 5.89. The minimum Gasteiger partial charge on any atom is -0.462 e. The minimum absolute atomic E-state index is 0.216. The molecule has 0 unspecified atom stereocenters. The van der Waals surface area contributed by atoms with E-state index in [4.69, 9.17) is 4.74 Å². The van der Waals surface area contributed by atoms with Crippen molar-refractivity contribution in [2.45, 2.75) is 19.3 Å². The maximum Gasteiger partial charge on any atom is 0.338 e. The van der Waals surface area contributed by atoms with E-state index in [-0.39, 0.29) is 5.97 Å². The summed E-state index contributed by atoms with van der Waals surface area (Å²) in [4.78, 5) is 11.6. The van der Waals surface area contributed by atoms with Crippen molar-refractivity contribution in [2.75, 3.05) is 6.61 Å². The smallest absolute Gasteiger partial charge is 0.338 e. The molecule has 0 saturated carbocycles. The lowest BCUT2D eigenvalue weighted by Gasteiger charge is -2.09. The van der Waals surface area contributed by atoms with E-state index in [1.807, 2.05) is 18.2 Å². The van der Waals surface area contributed by atoms with Gasteiger partial charge in [0, 0.05) is 0 Å². The first-order valence-corrected chi connectivity index (χ1v) is 5.73. The van der Waals surface area contributed by atoms with E-state index in [9.17, 15) is 4.79 Å². The van der Waals surface area contributed by atoms with Crippen molar-refractivity contribution in [3.8, 4) is 0 Å². The van der Waals surface area contributed by atoms with Crippen LogP contribution in [0.5, 0.6) is 0 Å². The van der Waals surface area contributed by atoms with Crippen LogP contribution in [0.15, 0.2) is 42.5 Å². The van der Waals surface area contributed by atoms with Crippen LogP contribution in [0.2, 0.25) is 0 Å². The van der Waals surface area contributed by atoms with Gasteiger partial charge >= 0.3 is 5.97 Å². The Bertz CT molecular complexity index is 360. The van der Waals surface area contributed by atoms with Crippen LogP contribution in [0.4, 0.5) is 0 Å². The Morgan fingerprint density at radius 3 is 2.56 bits per heavy atom. The van der Waals surface area contributed by atoms with E-state index in [1.165, 1.54) is 0 Å². The predicted molar refractivity (Wildman–Crippen MR) is 63.2 cm³/mol. The van der Waals surface area contributed by atoms with Crippen LogP contribution in [0.1, 0.15) is 29.6 Å². The fourth-order valence-electron chi connectivity index (χ4n) is 1.89. The predicted octanol–water partition coefficient (Wildman–Crippen LogP) is 3.20. The Hall–Kier alpha value is -1.57. The Balaban J connectivity index is 1.72. The van der Waals surface area contributed by atoms with Crippen molar-refractivity contribution in [1.82, 2.24) is 0 Å². The van der Waals surface area contributed by atoms with Gasteiger partial charge in [0.2, 0.25) is 0 Å². The zero-order chi connectivity index (χ0) is 11.2. The van der Waals surface area contributed by atoms with E-state index >= 15 is 0 Å². The largest absolute Gasteiger partial charge is 0.462 e. The third-order valence-corrected chi connectivity index (χ3v) is 2.87. The molecule has 1 aromatic rings. The molecule has 0 aromatic heterocycles.